The van der Waals surface area contributed by atoms with E-state index < -0.39 is 0 Å². The van der Waals surface area contributed by atoms with Crippen molar-refractivity contribution in [2.45, 2.75) is 13.3 Å². The molecule has 2 N–H and O–H groups in total. The van der Waals surface area contributed by atoms with Crippen molar-refractivity contribution in [3.8, 4) is 0 Å². The number of hydrogen-bond acceptors (Lipinski definition) is 4. The van der Waals surface area contributed by atoms with Crippen molar-refractivity contribution < 1.29 is 4.79 Å². The summed E-state index contributed by atoms with van der Waals surface area (Å²) >= 11 is 5.66. The van der Waals surface area contributed by atoms with Gasteiger partial charge in [0.15, 0.2) is 0 Å². The summed E-state index contributed by atoms with van der Waals surface area (Å²) in [6.45, 7) is 2.44. The van der Waals surface area contributed by atoms with Gasteiger partial charge in [-0.15, -0.1) is 0 Å². The van der Waals surface area contributed by atoms with Gasteiger partial charge in [0.2, 0.25) is 11.2 Å². The highest BCUT2D eigenvalue weighted by atomic mass is 35.5. The van der Waals surface area contributed by atoms with Gasteiger partial charge in [-0.05, 0) is 18.5 Å². The van der Waals surface area contributed by atoms with E-state index in [4.69, 9.17) is 17.3 Å². The number of likely N-dealkylation sites (N-methyl/N-ethyl adjacent to an activating group) is 1. The molecule has 1 amide bonds. The minimum absolute atomic E-state index is 0.00855. The number of amides is 1. The summed E-state index contributed by atoms with van der Waals surface area (Å²) in [7, 11) is 0. The number of nitrogens with two attached hydrogens (primary N) is 1. The average molecular weight is 213 g/mol. The predicted octanol–water partition coefficient (Wildman–Crippen LogP) is 0.621. The number of anilines is 2. The van der Waals surface area contributed by atoms with Crippen molar-refractivity contribution in [2.75, 3.05) is 17.2 Å². The largest absolute Gasteiger partial charge is 0.383 e. The number of fused-ring (bicyclic) bond motifs is 1. The highest BCUT2D eigenvalue weighted by Crippen LogP contribution is 2.30. The summed E-state index contributed by atoms with van der Waals surface area (Å²) in [6, 6.07) is 0. The molecule has 0 radical (unpaired) electrons. The first-order chi connectivity index (χ1) is 6.63. The Bertz CT molecular complexity index is 407. The molecule has 0 saturated heterocycles. The maximum Gasteiger partial charge on any atom is 0.232 e. The highest BCUT2D eigenvalue weighted by molar-refractivity contribution is 6.28. The summed E-state index contributed by atoms with van der Waals surface area (Å²) in [4.78, 5) is 20.8. The molecule has 1 aliphatic heterocycles. The van der Waals surface area contributed by atoms with Gasteiger partial charge in [0.05, 0.1) is 6.42 Å². The smallest absolute Gasteiger partial charge is 0.232 e. The topological polar surface area (TPSA) is 72.1 Å². The average Bonchev–Trinajstić information content (AvgIpc) is 2.41. The molecule has 0 atom stereocenters. The van der Waals surface area contributed by atoms with Gasteiger partial charge >= 0.3 is 0 Å². The van der Waals surface area contributed by atoms with Crippen LogP contribution in [-0.2, 0) is 11.2 Å². The van der Waals surface area contributed by atoms with Crippen LogP contribution < -0.4 is 10.6 Å². The molecular formula is C8H9ClN4O. The van der Waals surface area contributed by atoms with Gasteiger partial charge in [0.1, 0.15) is 11.6 Å². The van der Waals surface area contributed by atoms with Crippen LogP contribution >= 0.6 is 11.6 Å². The van der Waals surface area contributed by atoms with E-state index in [1.54, 1.807) is 4.90 Å². The lowest BCUT2D eigenvalue weighted by atomic mass is 10.2. The molecule has 0 fully saturated rings. The van der Waals surface area contributed by atoms with E-state index in [-0.39, 0.29) is 17.6 Å². The van der Waals surface area contributed by atoms with Crippen LogP contribution in [0.3, 0.4) is 0 Å². The van der Waals surface area contributed by atoms with Crippen LogP contribution in [0.4, 0.5) is 11.6 Å². The molecule has 1 aromatic rings. The summed E-state index contributed by atoms with van der Waals surface area (Å²) in [5, 5.41) is 0.0781. The molecule has 0 unspecified atom stereocenters. The molecule has 2 heterocycles. The predicted molar refractivity (Wildman–Crippen MR) is 53.2 cm³/mol. The number of halogens is 1. The van der Waals surface area contributed by atoms with Crippen LogP contribution in [0.2, 0.25) is 5.28 Å². The maximum absolute atomic E-state index is 11.5. The monoisotopic (exact) mass is 212 g/mol. The van der Waals surface area contributed by atoms with E-state index in [9.17, 15) is 4.79 Å². The Labute approximate surface area is 85.9 Å². The van der Waals surface area contributed by atoms with Crippen LogP contribution in [0.15, 0.2) is 0 Å². The third-order valence-electron chi connectivity index (χ3n) is 2.19. The number of nitrogen functional groups attached to an aromatic ring is 1. The molecule has 0 saturated carbocycles. The summed E-state index contributed by atoms with van der Waals surface area (Å²) < 4.78 is 0. The normalized spacial score (nSPS) is 14.7. The minimum Gasteiger partial charge on any atom is -0.383 e. The first kappa shape index (κ1) is 9.21. The molecule has 1 aliphatic rings. The van der Waals surface area contributed by atoms with Gasteiger partial charge in [0.25, 0.3) is 0 Å². The molecule has 2 rings (SSSR count). The first-order valence-electron chi connectivity index (χ1n) is 4.25. The summed E-state index contributed by atoms with van der Waals surface area (Å²) in [5.74, 6) is 0.838. The Kier molecular flexibility index (Phi) is 2.03. The molecule has 0 aliphatic carbocycles. The second kappa shape index (κ2) is 3.09. The van der Waals surface area contributed by atoms with Crippen molar-refractivity contribution >= 4 is 29.1 Å². The van der Waals surface area contributed by atoms with Crippen molar-refractivity contribution in [3.05, 3.63) is 10.8 Å². The molecule has 5 nitrogen and oxygen atoms in total. The fraction of sp³-hybridized carbons (Fsp3) is 0.375. The van der Waals surface area contributed by atoms with Crippen LogP contribution in [0, 0.1) is 0 Å². The highest BCUT2D eigenvalue weighted by Gasteiger charge is 2.30. The maximum atomic E-state index is 11.5. The van der Waals surface area contributed by atoms with E-state index in [1.807, 2.05) is 6.92 Å². The fourth-order valence-corrected chi connectivity index (χ4v) is 1.72. The lowest BCUT2D eigenvalue weighted by molar-refractivity contribution is -0.117. The molecule has 6 heteroatoms. The van der Waals surface area contributed by atoms with Crippen molar-refractivity contribution in [2.24, 2.45) is 0 Å². The van der Waals surface area contributed by atoms with E-state index in [1.165, 1.54) is 0 Å². The zero-order chi connectivity index (χ0) is 10.3. The molecule has 0 spiro atoms. The number of carbonyl (C=O) groups excluding carboxylic acids is 1. The number of aromatic nitrogens is 2. The molecular weight excluding hydrogens is 204 g/mol. The molecule has 74 valence electrons. The zero-order valence-corrected chi connectivity index (χ0v) is 8.38. The summed E-state index contributed by atoms with van der Waals surface area (Å²) in [6.07, 6.45) is 0.270. The lowest BCUT2D eigenvalue weighted by Gasteiger charge is -2.13. The quantitative estimate of drug-likeness (QED) is 0.693. The van der Waals surface area contributed by atoms with Gasteiger partial charge in [-0.3, -0.25) is 9.69 Å². The molecule has 14 heavy (non-hydrogen) atoms. The third-order valence-corrected chi connectivity index (χ3v) is 2.36. The number of nitrogens with zero attached hydrogens (tertiary/aromatic N) is 3. The van der Waals surface area contributed by atoms with Gasteiger partial charge in [-0.2, -0.15) is 4.98 Å². The Morgan fingerprint density at radius 2 is 2.29 bits per heavy atom. The Morgan fingerprint density at radius 3 is 2.93 bits per heavy atom. The Morgan fingerprint density at radius 1 is 1.57 bits per heavy atom. The second-order valence-corrected chi connectivity index (χ2v) is 3.33. The molecule has 1 aromatic heterocycles. The lowest BCUT2D eigenvalue weighted by Crippen LogP contribution is -2.26. The van der Waals surface area contributed by atoms with Gasteiger partial charge in [-0.25, -0.2) is 4.98 Å². The zero-order valence-electron chi connectivity index (χ0n) is 7.62. The van der Waals surface area contributed by atoms with Gasteiger partial charge < -0.3 is 5.73 Å². The fourth-order valence-electron chi connectivity index (χ4n) is 1.55. The van der Waals surface area contributed by atoms with Crippen LogP contribution in [0.5, 0.6) is 0 Å². The van der Waals surface area contributed by atoms with E-state index in [0.717, 1.165) is 0 Å². The Balaban J connectivity index is 2.58. The third kappa shape index (κ3) is 1.21. The van der Waals surface area contributed by atoms with E-state index >= 15 is 0 Å². The van der Waals surface area contributed by atoms with Crippen LogP contribution in [-0.4, -0.2) is 22.4 Å². The van der Waals surface area contributed by atoms with Crippen LogP contribution in [0.1, 0.15) is 12.5 Å². The first-order valence-corrected chi connectivity index (χ1v) is 4.63. The van der Waals surface area contributed by atoms with E-state index in [0.29, 0.717) is 23.7 Å². The van der Waals surface area contributed by atoms with Crippen molar-refractivity contribution in [1.82, 2.24) is 9.97 Å². The summed E-state index contributed by atoms with van der Waals surface area (Å²) in [5.41, 5.74) is 6.32. The standard InChI is InChI=1S/C8H9ClN4O/c1-2-13-5(14)3-4-6(10)11-8(9)12-7(4)13/h2-3H2,1H3,(H2,10,11,12). The number of hydrogen-bond donors (Lipinski definition) is 1. The molecule has 0 bridgehead atoms. The van der Waals surface area contributed by atoms with Crippen molar-refractivity contribution in [1.29, 1.82) is 0 Å². The minimum atomic E-state index is -0.00855. The molecule has 0 aromatic carbocycles. The Hall–Kier alpha value is -1.36. The number of rotatable bonds is 1. The van der Waals surface area contributed by atoms with Crippen molar-refractivity contribution in [3.63, 3.8) is 0 Å². The SMILES string of the molecule is CCN1C(=O)Cc2c(N)nc(Cl)nc21. The van der Waals surface area contributed by atoms with Gasteiger partial charge in [-0.1, -0.05) is 0 Å². The van der Waals surface area contributed by atoms with E-state index in [2.05, 4.69) is 9.97 Å². The number of carbonyl (C=O) groups is 1. The van der Waals surface area contributed by atoms with Gasteiger partial charge in [0, 0.05) is 12.1 Å². The van der Waals surface area contributed by atoms with Crippen LogP contribution in [0.25, 0.3) is 0 Å². The second-order valence-electron chi connectivity index (χ2n) is 2.99.